The second-order valence-corrected chi connectivity index (χ2v) is 6.57. The molecule has 0 saturated carbocycles. The van der Waals surface area contributed by atoms with Gasteiger partial charge in [0.2, 0.25) is 0 Å². The molecule has 3 aromatic rings. The van der Waals surface area contributed by atoms with Crippen molar-refractivity contribution >= 4 is 17.2 Å². The standard InChI is InChI=1S/C19H20N2O3S/c1-3-21(9-10-23-2)19(22)15-6-4-5-14(11-15)17-7-8-18(25-17)16-12-20-13-24-16/h4-8,11-13H,3,9-10H2,1-2H3. The first-order chi connectivity index (χ1) is 12.2. The van der Waals surface area contributed by atoms with E-state index in [1.54, 1.807) is 29.5 Å². The summed E-state index contributed by atoms with van der Waals surface area (Å²) in [5.74, 6) is 0.772. The lowest BCUT2D eigenvalue weighted by molar-refractivity contribution is 0.0706. The predicted molar refractivity (Wildman–Crippen MR) is 98.7 cm³/mol. The van der Waals surface area contributed by atoms with Crippen LogP contribution in [0.1, 0.15) is 17.3 Å². The summed E-state index contributed by atoms with van der Waals surface area (Å²) in [5.41, 5.74) is 1.70. The van der Waals surface area contributed by atoms with Crippen molar-refractivity contribution in [2.45, 2.75) is 6.92 Å². The Bertz CT molecular complexity index is 827. The number of nitrogens with zero attached hydrogens (tertiary/aromatic N) is 2. The van der Waals surface area contributed by atoms with Crippen molar-refractivity contribution in [2.75, 3.05) is 26.8 Å². The van der Waals surface area contributed by atoms with E-state index in [9.17, 15) is 4.79 Å². The van der Waals surface area contributed by atoms with Gasteiger partial charge in [-0.15, -0.1) is 11.3 Å². The highest BCUT2D eigenvalue weighted by molar-refractivity contribution is 7.18. The van der Waals surface area contributed by atoms with E-state index >= 15 is 0 Å². The average Bonchev–Trinajstić information content (AvgIpc) is 3.33. The van der Waals surface area contributed by atoms with Gasteiger partial charge in [-0.3, -0.25) is 4.79 Å². The number of likely N-dealkylation sites (N-methyl/N-ethyl adjacent to an activating group) is 1. The summed E-state index contributed by atoms with van der Waals surface area (Å²) in [6, 6.07) is 11.8. The summed E-state index contributed by atoms with van der Waals surface area (Å²) in [5, 5.41) is 0. The zero-order valence-corrected chi connectivity index (χ0v) is 15.1. The fourth-order valence-electron chi connectivity index (χ4n) is 2.56. The van der Waals surface area contributed by atoms with Crippen LogP contribution in [0.15, 0.2) is 53.4 Å². The van der Waals surface area contributed by atoms with E-state index in [-0.39, 0.29) is 5.91 Å². The zero-order valence-electron chi connectivity index (χ0n) is 14.3. The van der Waals surface area contributed by atoms with Gasteiger partial charge in [0.15, 0.2) is 12.2 Å². The van der Waals surface area contributed by atoms with Crippen LogP contribution in [0.4, 0.5) is 0 Å². The van der Waals surface area contributed by atoms with Crippen molar-refractivity contribution in [3.63, 3.8) is 0 Å². The molecule has 1 aromatic carbocycles. The van der Waals surface area contributed by atoms with E-state index in [1.807, 2.05) is 43.3 Å². The Hall–Kier alpha value is -2.44. The normalized spacial score (nSPS) is 10.8. The molecule has 5 nitrogen and oxygen atoms in total. The molecule has 0 aliphatic carbocycles. The van der Waals surface area contributed by atoms with Gasteiger partial charge in [0, 0.05) is 30.6 Å². The van der Waals surface area contributed by atoms with Crippen LogP contribution in [0.25, 0.3) is 21.1 Å². The van der Waals surface area contributed by atoms with Crippen LogP contribution in [0.5, 0.6) is 0 Å². The molecule has 6 heteroatoms. The highest BCUT2D eigenvalue weighted by Gasteiger charge is 2.15. The van der Waals surface area contributed by atoms with Crippen LogP contribution < -0.4 is 0 Å². The molecule has 0 radical (unpaired) electrons. The quantitative estimate of drug-likeness (QED) is 0.637. The van der Waals surface area contributed by atoms with Crippen LogP contribution in [0.3, 0.4) is 0 Å². The smallest absolute Gasteiger partial charge is 0.253 e. The van der Waals surface area contributed by atoms with Crippen LogP contribution in [-0.4, -0.2) is 42.6 Å². The van der Waals surface area contributed by atoms with Gasteiger partial charge in [0.1, 0.15) is 0 Å². The van der Waals surface area contributed by atoms with E-state index in [2.05, 4.69) is 4.98 Å². The number of hydrogen-bond acceptors (Lipinski definition) is 5. The number of benzene rings is 1. The van der Waals surface area contributed by atoms with Gasteiger partial charge in [0.25, 0.3) is 5.91 Å². The number of methoxy groups -OCH3 is 1. The van der Waals surface area contributed by atoms with Gasteiger partial charge in [-0.2, -0.15) is 0 Å². The van der Waals surface area contributed by atoms with Crippen molar-refractivity contribution in [1.29, 1.82) is 0 Å². The third-order valence-electron chi connectivity index (χ3n) is 3.91. The Kier molecular flexibility index (Phi) is 5.63. The number of rotatable bonds is 7. The first-order valence-electron chi connectivity index (χ1n) is 8.10. The molecule has 0 fully saturated rings. The van der Waals surface area contributed by atoms with Gasteiger partial charge < -0.3 is 14.1 Å². The molecular weight excluding hydrogens is 336 g/mol. The highest BCUT2D eigenvalue weighted by atomic mass is 32.1. The lowest BCUT2D eigenvalue weighted by atomic mass is 10.1. The topological polar surface area (TPSA) is 55.6 Å². The monoisotopic (exact) mass is 356 g/mol. The number of carbonyl (C=O) groups excluding carboxylic acids is 1. The number of hydrogen-bond donors (Lipinski definition) is 0. The number of oxazole rings is 1. The molecule has 2 heterocycles. The Morgan fingerprint density at radius 3 is 2.84 bits per heavy atom. The molecular formula is C19H20N2O3S. The number of thiophene rings is 1. The Labute approximate surface area is 150 Å². The highest BCUT2D eigenvalue weighted by Crippen LogP contribution is 2.34. The van der Waals surface area contributed by atoms with Crippen molar-refractivity contribution < 1.29 is 13.9 Å². The minimum Gasteiger partial charge on any atom is -0.443 e. The van der Waals surface area contributed by atoms with Gasteiger partial charge in [-0.25, -0.2) is 4.98 Å². The van der Waals surface area contributed by atoms with Gasteiger partial charge in [-0.05, 0) is 36.8 Å². The minimum atomic E-state index is 0.0217. The number of carbonyl (C=O) groups is 1. The summed E-state index contributed by atoms with van der Waals surface area (Å²) in [6.07, 6.45) is 3.12. The fraction of sp³-hybridized carbons (Fsp3) is 0.263. The van der Waals surface area contributed by atoms with E-state index in [4.69, 9.17) is 9.15 Å². The van der Waals surface area contributed by atoms with Crippen molar-refractivity contribution in [1.82, 2.24) is 9.88 Å². The van der Waals surface area contributed by atoms with Crippen molar-refractivity contribution in [3.05, 3.63) is 54.6 Å². The number of ether oxygens (including phenoxy) is 1. The van der Waals surface area contributed by atoms with E-state index in [0.717, 1.165) is 21.1 Å². The molecule has 3 rings (SSSR count). The lowest BCUT2D eigenvalue weighted by Gasteiger charge is -2.20. The van der Waals surface area contributed by atoms with Crippen LogP contribution in [-0.2, 0) is 4.74 Å². The summed E-state index contributed by atoms with van der Waals surface area (Å²) in [4.78, 5) is 20.5. The van der Waals surface area contributed by atoms with Crippen LogP contribution in [0.2, 0.25) is 0 Å². The molecule has 0 atom stereocenters. The average molecular weight is 356 g/mol. The SMILES string of the molecule is CCN(CCOC)C(=O)c1cccc(-c2ccc(-c3cnco3)s2)c1. The summed E-state index contributed by atoms with van der Waals surface area (Å²) >= 11 is 1.61. The van der Waals surface area contributed by atoms with Gasteiger partial charge in [-0.1, -0.05) is 12.1 Å². The molecule has 2 aromatic heterocycles. The number of aromatic nitrogens is 1. The van der Waals surface area contributed by atoms with Crippen molar-refractivity contribution in [3.8, 4) is 21.1 Å². The van der Waals surface area contributed by atoms with E-state index in [1.165, 1.54) is 6.39 Å². The number of amides is 1. The molecule has 0 aliphatic rings. The lowest BCUT2D eigenvalue weighted by Crippen LogP contribution is -2.33. The molecule has 25 heavy (non-hydrogen) atoms. The summed E-state index contributed by atoms with van der Waals surface area (Å²) in [6.45, 7) is 3.75. The Morgan fingerprint density at radius 1 is 1.28 bits per heavy atom. The maximum absolute atomic E-state index is 12.7. The molecule has 1 amide bonds. The molecule has 0 bridgehead atoms. The minimum absolute atomic E-state index is 0.0217. The maximum Gasteiger partial charge on any atom is 0.253 e. The Morgan fingerprint density at radius 2 is 2.12 bits per heavy atom. The van der Waals surface area contributed by atoms with Crippen LogP contribution >= 0.6 is 11.3 Å². The second-order valence-electron chi connectivity index (χ2n) is 5.49. The first-order valence-corrected chi connectivity index (χ1v) is 8.92. The van der Waals surface area contributed by atoms with Gasteiger partial charge >= 0.3 is 0 Å². The molecule has 0 aliphatic heterocycles. The van der Waals surface area contributed by atoms with E-state index < -0.39 is 0 Å². The van der Waals surface area contributed by atoms with E-state index in [0.29, 0.717) is 25.3 Å². The van der Waals surface area contributed by atoms with Gasteiger partial charge in [0.05, 0.1) is 17.7 Å². The fourth-order valence-corrected chi connectivity index (χ4v) is 3.51. The van der Waals surface area contributed by atoms with Crippen LogP contribution in [0, 0.1) is 0 Å². The summed E-state index contributed by atoms with van der Waals surface area (Å²) < 4.78 is 10.4. The molecule has 0 spiro atoms. The third kappa shape index (κ3) is 3.97. The maximum atomic E-state index is 12.7. The van der Waals surface area contributed by atoms with Crippen molar-refractivity contribution in [2.24, 2.45) is 0 Å². The molecule has 0 unspecified atom stereocenters. The molecule has 0 N–H and O–H groups in total. The molecule has 130 valence electrons. The third-order valence-corrected chi connectivity index (χ3v) is 5.06. The predicted octanol–water partition coefficient (Wildman–Crippen LogP) is 4.18. The molecule has 0 saturated heterocycles. The zero-order chi connectivity index (χ0) is 17.6. The Balaban J connectivity index is 1.83. The first kappa shape index (κ1) is 17.4. The second kappa shape index (κ2) is 8.09. The largest absolute Gasteiger partial charge is 0.443 e. The summed E-state index contributed by atoms with van der Waals surface area (Å²) in [7, 11) is 1.64.